The number of hydrogen-bond donors (Lipinski definition) is 4. The molecule has 1 unspecified atom stereocenters. The van der Waals surface area contributed by atoms with E-state index in [2.05, 4.69) is 10.6 Å². The fraction of sp³-hybridized carbons (Fsp3) is 0.417. The van der Waals surface area contributed by atoms with Crippen LogP contribution in [0.2, 0.25) is 0 Å². The monoisotopic (exact) mass is 253 g/mol. The van der Waals surface area contributed by atoms with E-state index >= 15 is 0 Å². The largest absolute Gasteiger partial charge is 0.398 e. The van der Waals surface area contributed by atoms with Gasteiger partial charge < -0.3 is 21.5 Å². The predicted molar refractivity (Wildman–Crippen MR) is 74.7 cm³/mol. The third-order valence-corrected chi connectivity index (χ3v) is 2.68. The standard InChI is InChI=1S/C12H19N3OS/c1-2-14-12(17)15-8-7-11(16)9-5-3-4-6-10(9)13/h3-6,11,16H,2,7-8,13H2,1H3,(H2,14,15,17). The molecule has 5 N–H and O–H groups in total. The summed E-state index contributed by atoms with van der Waals surface area (Å²) in [5.41, 5.74) is 7.17. The number of rotatable bonds is 5. The second-order valence-electron chi connectivity index (χ2n) is 3.72. The zero-order valence-electron chi connectivity index (χ0n) is 9.94. The summed E-state index contributed by atoms with van der Waals surface area (Å²) in [7, 11) is 0. The molecule has 0 amide bonds. The van der Waals surface area contributed by atoms with E-state index < -0.39 is 6.10 Å². The van der Waals surface area contributed by atoms with Gasteiger partial charge in [-0.05, 0) is 31.6 Å². The number of aliphatic hydroxyl groups excluding tert-OH is 1. The highest BCUT2D eigenvalue weighted by Gasteiger charge is 2.09. The Bertz CT molecular complexity index is 371. The van der Waals surface area contributed by atoms with Crippen molar-refractivity contribution in [2.75, 3.05) is 18.8 Å². The summed E-state index contributed by atoms with van der Waals surface area (Å²) in [6.45, 7) is 3.38. The average Bonchev–Trinajstić information content (AvgIpc) is 2.29. The number of thiocarbonyl (C=S) groups is 1. The first-order valence-electron chi connectivity index (χ1n) is 5.69. The van der Waals surface area contributed by atoms with E-state index in [9.17, 15) is 5.11 Å². The van der Waals surface area contributed by atoms with Crippen molar-refractivity contribution in [2.24, 2.45) is 0 Å². The highest BCUT2D eigenvalue weighted by atomic mass is 32.1. The number of nitrogens with one attached hydrogen (secondary N) is 2. The molecule has 0 aliphatic carbocycles. The van der Waals surface area contributed by atoms with Gasteiger partial charge in [0, 0.05) is 24.3 Å². The van der Waals surface area contributed by atoms with Gasteiger partial charge in [0.25, 0.3) is 0 Å². The number of nitrogens with two attached hydrogens (primary N) is 1. The van der Waals surface area contributed by atoms with E-state index in [1.807, 2.05) is 25.1 Å². The van der Waals surface area contributed by atoms with Gasteiger partial charge in [0.2, 0.25) is 0 Å². The van der Waals surface area contributed by atoms with Gasteiger partial charge in [0.15, 0.2) is 5.11 Å². The molecule has 1 atom stereocenters. The molecular formula is C12H19N3OS. The van der Waals surface area contributed by atoms with Crippen LogP contribution in [0, 0.1) is 0 Å². The molecule has 0 saturated heterocycles. The molecule has 0 aliphatic rings. The van der Waals surface area contributed by atoms with Crippen LogP contribution in [0.5, 0.6) is 0 Å². The predicted octanol–water partition coefficient (Wildman–Crippen LogP) is 1.18. The van der Waals surface area contributed by atoms with Gasteiger partial charge in [-0.15, -0.1) is 0 Å². The van der Waals surface area contributed by atoms with E-state index in [1.165, 1.54) is 0 Å². The molecule has 0 fully saturated rings. The van der Waals surface area contributed by atoms with Crippen molar-refractivity contribution < 1.29 is 5.11 Å². The van der Waals surface area contributed by atoms with Gasteiger partial charge in [-0.2, -0.15) is 0 Å². The maximum atomic E-state index is 9.96. The zero-order chi connectivity index (χ0) is 12.7. The minimum absolute atomic E-state index is 0.562. The normalized spacial score (nSPS) is 11.9. The first-order chi connectivity index (χ1) is 8.15. The van der Waals surface area contributed by atoms with E-state index in [0.717, 1.165) is 12.1 Å². The molecule has 0 saturated carbocycles. The third-order valence-electron chi connectivity index (χ3n) is 2.40. The summed E-state index contributed by atoms with van der Waals surface area (Å²) >= 11 is 5.02. The molecule has 17 heavy (non-hydrogen) atoms. The van der Waals surface area contributed by atoms with Crippen LogP contribution in [0.15, 0.2) is 24.3 Å². The maximum absolute atomic E-state index is 9.96. The van der Waals surface area contributed by atoms with Crippen LogP contribution in [-0.2, 0) is 0 Å². The number of hydrogen-bond acceptors (Lipinski definition) is 3. The van der Waals surface area contributed by atoms with Gasteiger partial charge in [-0.1, -0.05) is 18.2 Å². The molecule has 4 nitrogen and oxygen atoms in total. The Morgan fingerprint density at radius 2 is 2.12 bits per heavy atom. The fourth-order valence-corrected chi connectivity index (χ4v) is 1.76. The maximum Gasteiger partial charge on any atom is 0.166 e. The molecule has 0 bridgehead atoms. The number of benzene rings is 1. The minimum atomic E-state index is -0.562. The Morgan fingerprint density at radius 1 is 1.41 bits per heavy atom. The average molecular weight is 253 g/mol. The Balaban J connectivity index is 2.38. The lowest BCUT2D eigenvalue weighted by atomic mass is 10.0. The van der Waals surface area contributed by atoms with Crippen LogP contribution in [0.1, 0.15) is 25.0 Å². The van der Waals surface area contributed by atoms with Gasteiger partial charge in [-0.25, -0.2) is 0 Å². The van der Waals surface area contributed by atoms with E-state index in [-0.39, 0.29) is 0 Å². The van der Waals surface area contributed by atoms with Crippen molar-refractivity contribution >= 4 is 23.0 Å². The van der Waals surface area contributed by atoms with Gasteiger partial charge in [-0.3, -0.25) is 0 Å². The second kappa shape index (κ2) is 7.09. The zero-order valence-corrected chi connectivity index (χ0v) is 10.8. The summed E-state index contributed by atoms with van der Waals surface area (Å²) in [6.07, 6.45) is 0.00727. The second-order valence-corrected chi connectivity index (χ2v) is 4.13. The Morgan fingerprint density at radius 3 is 2.76 bits per heavy atom. The molecule has 5 heteroatoms. The lowest BCUT2D eigenvalue weighted by Gasteiger charge is -2.14. The van der Waals surface area contributed by atoms with E-state index in [1.54, 1.807) is 6.07 Å². The van der Waals surface area contributed by atoms with Crippen LogP contribution in [0.4, 0.5) is 5.69 Å². The van der Waals surface area contributed by atoms with Crippen molar-refractivity contribution in [3.05, 3.63) is 29.8 Å². The number of nitrogen functional groups attached to an aromatic ring is 1. The van der Waals surface area contributed by atoms with Crippen molar-refractivity contribution in [1.82, 2.24) is 10.6 Å². The molecule has 1 aromatic carbocycles. The molecule has 0 radical (unpaired) electrons. The summed E-state index contributed by atoms with van der Waals surface area (Å²) in [5, 5.41) is 16.6. The highest BCUT2D eigenvalue weighted by molar-refractivity contribution is 7.80. The molecule has 0 spiro atoms. The van der Waals surface area contributed by atoms with Crippen LogP contribution < -0.4 is 16.4 Å². The number of aliphatic hydroxyl groups is 1. The summed E-state index contributed by atoms with van der Waals surface area (Å²) in [6, 6.07) is 7.34. The van der Waals surface area contributed by atoms with Crippen molar-refractivity contribution in [2.45, 2.75) is 19.4 Å². The first kappa shape index (κ1) is 13.7. The SMILES string of the molecule is CCNC(=S)NCCC(O)c1ccccc1N. The molecule has 0 heterocycles. The van der Waals surface area contributed by atoms with Crippen LogP contribution in [0.3, 0.4) is 0 Å². The van der Waals surface area contributed by atoms with Gasteiger partial charge >= 0.3 is 0 Å². The third kappa shape index (κ3) is 4.58. The number of para-hydroxylation sites is 1. The lowest BCUT2D eigenvalue weighted by Crippen LogP contribution is -2.35. The van der Waals surface area contributed by atoms with Gasteiger partial charge in [0.1, 0.15) is 0 Å². The Kier molecular flexibility index (Phi) is 5.72. The molecular weight excluding hydrogens is 234 g/mol. The molecule has 0 aromatic heterocycles. The van der Waals surface area contributed by atoms with Crippen molar-refractivity contribution in [3.63, 3.8) is 0 Å². The number of anilines is 1. The van der Waals surface area contributed by atoms with Crippen LogP contribution in [0.25, 0.3) is 0 Å². The summed E-state index contributed by atoms with van der Waals surface area (Å²) in [4.78, 5) is 0. The summed E-state index contributed by atoms with van der Waals surface area (Å²) < 4.78 is 0. The van der Waals surface area contributed by atoms with Gasteiger partial charge in [0.05, 0.1) is 6.10 Å². The van der Waals surface area contributed by atoms with Crippen molar-refractivity contribution in [3.8, 4) is 0 Å². The fourth-order valence-electron chi connectivity index (χ4n) is 1.52. The quantitative estimate of drug-likeness (QED) is 0.468. The molecule has 1 rings (SSSR count). The van der Waals surface area contributed by atoms with E-state index in [0.29, 0.717) is 23.8 Å². The van der Waals surface area contributed by atoms with Crippen LogP contribution >= 0.6 is 12.2 Å². The topological polar surface area (TPSA) is 70.3 Å². The molecule has 1 aromatic rings. The van der Waals surface area contributed by atoms with Crippen molar-refractivity contribution in [1.29, 1.82) is 0 Å². The lowest BCUT2D eigenvalue weighted by molar-refractivity contribution is 0.169. The smallest absolute Gasteiger partial charge is 0.166 e. The van der Waals surface area contributed by atoms with Crippen LogP contribution in [-0.4, -0.2) is 23.3 Å². The Hall–Kier alpha value is -1.33. The molecule has 94 valence electrons. The van der Waals surface area contributed by atoms with E-state index in [4.69, 9.17) is 18.0 Å². The molecule has 0 aliphatic heterocycles. The minimum Gasteiger partial charge on any atom is -0.398 e. The first-order valence-corrected chi connectivity index (χ1v) is 6.10. The Labute approximate surface area is 107 Å². The highest BCUT2D eigenvalue weighted by Crippen LogP contribution is 2.21. The summed E-state index contributed by atoms with van der Waals surface area (Å²) in [5.74, 6) is 0.